The van der Waals surface area contributed by atoms with Gasteiger partial charge in [-0.05, 0) is 32.5 Å². The van der Waals surface area contributed by atoms with Crippen molar-refractivity contribution in [3.8, 4) is 0 Å². The first-order valence-corrected chi connectivity index (χ1v) is 10.9. The van der Waals surface area contributed by atoms with Gasteiger partial charge in [-0.2, -0.15) is 0 Å². The Hall–Kier alpha value is -0.290. The molecule has 143 valence electrons. The molecule has 4 rings (SSSR count). The first kappa shape index (κ1) is 24.7. The summed E-state index contributed by atoms with van der Waals surface area (Å²) in [6, 6.07) is 13.2. The molecule has 1 radical (unpaired) electrons. The molecule has 0 aromatic heterocycles. The second-order valence-corrected chi connectivity index (χ2v) is 11.2. The molecule has 0 bridgehead atoms. The van der Waals surface area contributed by atoms with Crippen LogP contribution in [-0.4, -0.2) is 32.2 Å². The van der Waals surface area contributed by atoms with Crippen LogP contribution in [0.25, 0.3) is 21.5 Å². The van der Waals surface area contributed by atoms with Crippen LogP contribution in [0.5, 0.6) is 0 Å². The van der Waals surface area contributed by atoms with Gasteiger partial charge in [-0.25, -0.2) is 0 Å². The number of aliphatic hydroxyl groups excluding tert-OH is 1. The van der Waals surface area contributed by atoms with Crippen molar-refractivity contribution in [1.29, 1.82) is 0 Å². The van der Waals surface area contributed by atoms with Gasteiger partial charge in [0.2, 0.25) is 8.32 Å². The normalized spacial score (nSPS) is 17.5. The molecule has 2 N–H and O–H groups in total. The molecular formula is C20H24Cl2NO2SiZr. The molecule has 7 heteroatoms. The Morgan fingerprint density at radius 3 is 2.41 bits per heavy atom. The zero-order valence-electron chi connectivity index (χ0n) is 16.0. The van der Waals surface area contributed by atoms with E-state index in [2.05, 4.69) is 69.0 Å². The number of hydrogen-bond acceptors (Lipinski definition) is 3. The molecule has 0 fully saturated rings. The van der Waals surface area contributed by atoms with Crippen molar-refractivity contribution >= 4 is 45.9 Å². The van der Waals surface area contributed by atoms with E-state index in [1.165, 1.54) is 37.6 Å². The Labute approximate surface area is 193 Å². The van der Waals surface area contributed by atoms with Crippen LogP contribution < -0.4 is 40.5 Å². The minimum atomic E-state index is -2.06. The number of fused-ring (bicyclic) bond motifs is 5. The summed E-state index contributed by atoms with van der Waals surface area (Å²) in [7, 11) is -2.06. The second-order valence-electron chi connectivity index (χ2n) is 7.85. The van der Waals surface area contributed by atoms with Gasteiger partial charge in [0.05, 0.1) is 13.2 Å². The molecule has 0 amide bonds. The quantitative estimate of drug-likeness (QED) is 0.296. The zero-order chi connectivity index (χ0) is 17.1. The number of anilines is 1. The van der Waals surface area contributed by atoms with Crippen molar-refractivity contribution in [2.45, 2.75) is 32.9 Å². The van der Waals surface area contributed by atoms with E-state index in [4.69, 9.17) is 4.43 Å². The zero-order valence-corrected chi connectivity index (χ0v) is 21.0. The summed E-state index contributed by atoms with van der Waals surface area (Å²) in [6.07, 6.45) is 0. The van der Waals surface area contributed by atoms with Crippen LogP contribution in [-0.2, 0) is 30.6 Å². The van der Waals surface area contributed by atoms with Gasteiger partial charge in [-0.15, -0.1) is 33.7 Å². The van der Waals surface area contributed by atoms with Crippen LogP contribution in [0.3, 0.4) is 0 Å². The topological polar surface area (TPSA) is 41.5 Å². The molecule has 0 spiro atoms. The van der Waals surface area contributed by atoms with E-state index in [-0.39, 0.29) is 63.2 Å². The summed E-state index contributed by atoms with van der Waals surface area (Å²) in [5, 5.41) is 20.9. The van der Waals surface area contributed by atoms with Crippen LogP contribution in [0.15, 0.2) is 36.4 Å². The average Bonchev–Trinajstić information content (AvgIpc) is 2.96. The standard InChI is InChI=1S/C20H24NO2Si.2ClH.Zr/c1-20(2,3)21-17-12-15-14-8-6-5-7-13(14)11-16(15)18-19(17)24(18,4)23-10-9-22;;;/h5-8,11-12,21-22H,9-10H2,1-4H3;2*1H;/q-1;;;+3/p-2. The number of benzene rings is 2. The number of hydrogen-bond donors (Lipinski definition) is 2. The fourth-order valence-electron chi connectivity index (χ4n) is 3.86. The van der Waals surface area contributed by atoms with Crippen LogP contribution in [0.1, 0.15) is 20.8 Å². The van der Waals surface area contributed by atoms with Gasteiger partial charge in [0, 0.05) is 11.2 Å². The average molecular weight is 501 g/mol. The van der Waals surface area contributed by atoms with Crippen LogP contribution in [0.2, 0.25) is 6.55 Å². The maximum atomic E-state index is 9.20. The molecule has 1 unspecified atom stereocenters. The Morgan fingerprint density at radius 1 is 1.11 bits per heavy atom. The van der Waals surface area contributed by atoms with Crippen molar-refractivity contribution in [2.24, 2.45) is 0 Å². The third-order valence-corrected chi connectivity index (χ3v) is 8.28. The van der Waals surface area contributed by atoms with E-state index in [1.54, 1.807) is 0 Å². The van der Waals surface area contributed by atoms with Crippen molar-refractivity contribution in [3.05, 3.63) is 36.4 Å². The number of aliphatic hydroxyl groups is 1. The molecule has 0 aliphatic carbocycles. The molecule has 0 saturated heterocycles. The van der Waals surface area contributed by atoms with Crippen molar-refractivity contribution in [2.75, 3.05) is 18.5 Å². The third-order valence-electron chi connectivity index (χ3n) is 4.80. The van der Waals surface area contributed by atoms with E-state index in [0.717, 1.165) is 0 Å². The summed E-state index contributed by atoms with van der Waals surface area (Å²) < 4.78 is 6.17. The van der Waals surface area contributed by atoms with Gasteiger partial charge < -0.3 is 39.7 Å². The number of rotatable bonds is 4. The van der Waals surface area contributed by atoms with Crippen molar-refractivity contribution < 1.29 is 60.6 Å². The summed E-state index contributed by atoms with van der Waals surface area (Å²) in [4.78, 5) is 0. The molecule has 3 aromatic rings. The van der Waals surface area contributed by atoms with Crippen LogP contribution >= 0.6 is 0 Å². The van der Waals surface area contributed by atoms with Gasteiger partial charge in [0.1, 0.15) is 0 Å². The first-order chi connectivity index (χ1) is 11.3. The minimum absolute atomic E-state index is 0. The van der Waals surface area contributed by atoms with Crippen LogP contribution in [0, 0.1) is 0 Å². The van der Waals surface area contributed by atoms with Crippen LogP contribution in [0.4, 0.5) is 5.69 Å². The third kappa shape index (κ3) is 4.19. The minimum Gasteiger partial charge on any atom is -1.00 e. The predicted molar refractivity (Wildman–Crippen MR) is 104 cm³/mol. The predicted octanol–water partition coefficient (Wildman–Crippen LogP) is -3.06. The number of halogens is 2. The Balaban J connectivity index is 0.00000121. The molecule has 27 heavy (non-hydrogen) atoms. The Kier molecular flexibility index (Phi) is 7.89. The maximum absolute atomic E-state index is 9.20. The number of nitrogens with one attached hydrogen (secondary N) is 1. The molecule has 3 nitrogen and oxygen atoms in total. The summed E-state index contributed by atoms with van der Waals surface area (Å²) in [5.41, 5.74) is 1.20. The molecule has 1 atom stereocenters. The largest absolute Gasteiger partial charge is 3.00 e. The van der Waals surface area contributed by atoms with Crippen molar-refractivity contribution in [3.63, 3.8) is 0 Å². The van der Waals surface area contributed by atoms with Gasteiger partial charge in [0.25, 0.3) is 0 Å². The first-order valence-electron chi connectivity index (χ1n) is 8.54. The molecule has 0 saturated carbocycles. The monoisotopic (exact) mass is 498 g/mol. The van der Waals surface area contributed by atoms with E-state index in [9.17, 15) is 5.11 Å². The van der Waals surface area contributed by atoms with Crippen molar-refractivity contribution in [1.82, 2.24) is 0 Å². The maximum Gasteiger partial charge on any atom is 3.00 e. The van der Waals surface area contributed by atoms with E-state index in [1.807, 2.05) is 0 Å². The summed E-state index contributed by atoms with van der Waals surface area (Å²) >= 11 is 0. The fourth-order valence-corrected chi connectivity index (χ4v) is 7.53. The summed E-state index contributed by atoms with van der Waals surface area (Å²) in [5.74, 6) is 0. The Bertz CT molecular complexity index is 954. The molecule has 1 aliphatic heterocycles. The van der Waals surface area contributed by atoms with E-state index < -0.39 is 8.32 Å². The van der Waals surface area contributed by atoms with Gasteiger partial charge >= 0.3 is 26.2 Å². The Morgan fingerprint density at radius 2 is 1.78 bits per heavy atom. The van der Waals surface area contributed by atoms with Gasteiger partial charge in [-0.1, -0.05) is 29.5 Å². The van der Waals surface area contributed by atoms with E-state index in [0.29, 0.717) is 6.61 Å². The molecular weight excluding hydrogens is 476 g/mol. The van der Waals surface area contributed by atoms with Gasteiger partial charge in [-0.3, -0.25) is 0 Å². The molecule has 1 aliphatic rings. The molecule has 1 heterocycles. The van der Waals surface area contributed by atoms with E-state index >= 15 is 0 Å². The summed E-state index contributed by atoms with van der Waals surface area (Å²) in [6.45, 7) is 9.28. The SMILES string of the molecule is CC(C)(C)Nc1cc2c([cH-]c3ccccc32)c2c1[Si]2(C)OCCO.[Cl-].[Cl-].[Zr+3]. The fraction of sp³-hybridized carbons (Fsp3) is 0.350. The smallest absolute Gasteiger partial charge is 1.00 e. The molecule has 3 aromatic carbocycles. The van der Waals surface area contributed by atoms with Gasteiger partial charge in [0.15, 0.2) is 0 Å². The second kappa shape index (κ2) is 8.61.